The van der Waals surface area contributed by atoms with Gasteiger partial charge in [0.25, 0.3) is 0 Å². The number of hydrogen-bond acceptors (Lipinski definition) is 3. The molecule has 0 aliphatic carbocycles. The van der Waals surface area contributed by atoms with Crippen LogP contribution in [0, 0.1) is 5.41 Å². The minimum Gasteiger partial charge on any atom is -0.381 e. The maximum atomic E-state index is 5.94. The van der Waals surface area contributed by atoms with Gasteiger partial charge in [-0.25, -0.2) is 0 Å². The van der Waals surface area contributed by atoms with E-state index in [1.807, 2.05) is 18.5 Å². The van der Waals surface area contributed by atoms with Gasteiger partial charge >= 0.3 is 0 Å². The molecule has 140 valence electrons. The summed E-state index contributed by atoms with van der Waals surface area (Å²) in [6.07, 6.45) is 7.35. The number of hydrogen-bond donors (Lipinski definition) is 0. The van der Waals surface area contributed by atoms with Gasteiger partial charge < -0.3 is 4.74 Å². The molecule has 3 heteroatoms. The molecule has 1 aromatic heterocycles. The second-order valence-corrected chi connectivity index (χ2v) is 8.10. The molecule has 0 saturated carbocycles. The summed E-state index contributed by atoms with van der Waals surface area (Å²) in [4.78, 5) is 6.95. The molecule has 0 N–H and O–H groups in total. The van der Waals surface area contributed by atoms with E-state index in [-0.39, 0.29) is 11.0 Å². The van der Waals surface area contributed by atoms with Gasteiger partial charge in [-0.2, -0.15) is 0 Å². The summed E-state index contributed by atoms with van der Waals surface area (Å²) in [5, 5.41) is 0. The lowest BCUT2D eigenvalue weighted by Crippen LogP contribution is -2.42. The highest BCUT2D eigenvalue weighted by atomic mass is 16.5. The molecular weight excluding hydrogens is 320 g/mol. The molecular formula is C23H32N2O. The van der Waals surface area contributed by atoms with E-state index in [0.717, 1.165) is 32.7 Å². The first-order chi connectivity index (χ1) is 12.6. The lowest BCUT2D eigenvalue weighted by Gasteiger charge is -2.38. The largest absolute Gasteiger partial charge is 0.381 e. The zero-order valence-electron chi connectivity index (χ0n) is 16.4. The third-order valence-electron chi connectivity index (χ3n) is 6.00. The highest BCUT2D eigenvalue weighted by Gasteiger charge is 2.43. The molecule has 3 nitrogen and oxygen atoms in total. The Morgan fingerprint density at radius 1 is 1.15 bits per heavy atom. The number of aromatic nitrogens is 1. The Morgan fingerprint density at radius 2 is 1.96 bits per heavy atom. The number of rotatable bonds is 8. The van der Waals surface area contributed by atoms with Crippen LogP contribution in [0.1, 0.15) is 44.7 Å². The van der Waals surface area contributed by atoms with Crippen molar-refractivity contribution >= 4 is 0 Å². The number of pyridine rings is 1. The van der Waals surface area contributed by atoms with Crippen LogP contribution in [-0.2, 0) is 16.7 Å². The van der Waals surface area contributed by atoms with Gasteiger partial charge in [0.05, 0.1) is 6.61 Å². The molecule has 1 saturated heterocycles. The van der Waals surface area contributed by atoms with Gasteiger partial charge in [0.1, 0.15) is 0 Å². The summed E-state index contributed by atoms with van der Waals surface area (Å²) in [5.41, 5.74) is 2.95. The fourth-order valence-electron chi connectivity index (χ4n) is 4.09. The van der Waals surface area contributed by atoms with E-state index in [0.29, 0.717) is 0 Å². The second kappa shape index (κ2) is 8.32. The van der Waals surface area contributed by atoms with E-state index >= 15 is 0 Å². The minimum atomic E-state index is -0.00499. The standard InChI is InChI=1S/C23H32N2O/c1-4-26-19-23(13-12-20-9-6-5-7-10-20)14-16-25(18-23)22(2,3)21-11-8-15-24-17-21/h5-11,15,17H,4,12-14,16,18-19H2,1-3H3. The lowest BCUT2D eigenvalue weighted by atomic mass is 9.81. The SMILES string of the molecule is CCOCC1(CCc2ccccc2)CCN(C(C)(C)c2cccnc2)C1. The van der Waals surface area contributed by atoms with Crippen molar-refractivity contribution in [3.05, 3.63) is 66.0 Å². The van der Waals surface area contributed by atoms with Crippen molar-refractivity contribution in [1.29, 1.82) is 0 Å². The summed E-state index contributed by atoms with van der Waals surface area (Å²) in [5.74, 6) is 0. The Hall–Kier alpha value is -1.71. The highest BCUT2D eigenvalue weighted by Crippen LogP contribution is 2.41. The number of aryl methyl sites for hydroxylation is 1. The molecule has 1 unspecified atom stereocenters. The molecule has 2 heterocycles. The summed E-state index contributed by atoms with van der Waals surface area (Å²) in [6.45, 7) is 10.6. The van der Waals surface area contributed by atoms with Crippen molar-refractivity contribution in [2.24, 2.45) is 5.41 Å². The molecule has 0 bridgehead atoms. The Labute approximate surface area is 158 Å². The molecule has 1 fully saturated rings. The second-order valence-electron chi connectivity index (χ2n) is 8.10. The van der Waals surface area contributed by atoms with Crippen LogP contribution in [-0.4, -0.2) is 36.2 Å². The highest BCUT2D eigenvalue weighted by molar-refractivity contribution is 5.20. The Bertz CT molecular complexity index is 671. The van der Waals surface area contributed by atoms with Crippen LogP contribution in [0.15, 0.2) is 54.9 Å². The molecule has 1 aliphatic rings. The molecule has 26 heavy (non-hydrogen) atoms. The van der Waals surface area contributed by atoms with Gasteiger partial charge in [0.15, 0.2) is 0 Å². The predicted molar refractivity (Wildman–Crippen MR) is 107 cm³/mol. The number of ether oxygens (including phenoxy) is 1. The summed E-state index contributed by atoms with van der Waals surface area (Å²) in [6, 6.07) is 15.1. The number of nitrogens with zero attached hydrogens (tertiary/aromatic N) is 2. The van der Waals surface area contributed by atoms with Crippen molar-refractivity contribution in [3.8, 4) is 0 Å². The number of likely N-dealkylation sites (tertiary alicyclic amines) is 1. The lowest BCUT2D eigenvalue weighted by molar-refractivity contribution is 0.0385. The molecule has 1 aliphatic heterocycles. The predicted octanol–water partition coefficient (Wildman–Crippen LogP) is 4.68. The zero-order chi connectivity index (χ0) is 18.5. The normalized spacial score (nSPS) is 21.2. The van der Waals surface area contributed by atoms with Crippen LogP contribution < -0.4 is 0 Å². The van der Waals surface area contributed by atoms with E-state index in [9.17, 15) is 0 Å². The van der Waals surface area contributed by atoms with E-state index in [4.69, 9.17) is 4.74 Å². The first kappa shape index (κ1) is 19.1. The van der Waals surface area contributed by atoms with E-state index < -0.39 is 0 Å². The van der Waals surface area contributed by atoms with Crippen molar-refractivity contribution in [2.45, 2.75) is 45.6 Å². The average Bonchev–Trinajstić information content (AvgIpc) is 3.12. The van der Waals surface area contributed by atoms with E-state index in [1.54, 1.807) is 0 Å². The molecule has 0 radical (unpaired) electrons. The van der Waals surface area contributed by atoms with Crippen molar-refractivity contribution < 1.29 is 4.74 Å². The van der Waals surface area contributed by atoms with Crippen molar-refractivity contribution in [1.82, 2.24) is 9.88 Å². The fraction of sp³-hybridized carbons (Fsp3) is 0.522. The molecule has 1 atom stereocenters. The van der Waals surface area contributed by atoms with Gasteiger partial charge in [-0.05, 0) is 63.8 Å². The Kier molecular flexibility index (Phi) is 6.10. The quantitative estimate of drug-likeness (QED) is 0.690. The monoisotopic (exact) mass is 352 g/mol. The molecule has 0 amide bonds. The number of benzene rings is 1. The Balaban J connectivity index is 1.72. The summed E-state index contributed by atoms with van der Waals surface area (Å²) in [7, 11) is 0. The topological polar surface area (TPSA) is 25.4 Å². The first-order valence-corrected chi connectivity index (χ1v) is 9.83. The van der Waals surface area contributed by atoms with Crippen LogP contribution in [0.5, 0.6) is 0 Å². The molecule has 0 spiro atoms. The molecule has 2 aromatic rings. The van der Waals surface area contributed by atoms with Gasteiger partial charge in [-0.15, -0.1) is 0 Å². The average molecular weight is 353 g/mol. The van der Waals surface area contributed by atoms with E-state index in [1.165, 1.54) is 24.0 Å². The van der Waals surface area contributed by atoms with Crippen LogP contribution in [0.4, 0.5) is 0 Å². The van der Waals surface area contributed by atoms with E-state index in [2.05, 4.69) is 67.1 Å². The maximum Gasteiger partial charge on any atom is 0.0535 e. The van der Waals surface area contributed by atoms with Crippen LogP contribution in [0.3, 0.4) is 0 Å². The van der Waals surface area contributed by atoms with Gasteiger partial charge in [-0.3, -0.25) is 9.88 Å². The summed E-state index contributed by atoms with van der Waals surface area (Å²) < 4.78 is 5.94. The third-order valence-corrected chi connectivity index (χ3v) is 6.00. The van der Waals surface area contributed by atoms with Crippen molar-refractivity contribution in [3.63, 3.8) is 0 Å². The summed E-state index contributed by atoms with van der Waals surface area (Å²) >= 11 is 0. The van der Waals surface area contributed by atoms with Gasteiger partial charge in [0.2, 0.25) is 0 Å². The molecule has 1 aromatic carbocycles. The maximum absolute atomic E-state index is 5.94. The molecule has 3 rings (SSSR count). The van der Waals surface area contributed by atoms with Gasteiger partial charge in [0, 0.05) is 36.5 Å². The van der Waals surface area contributed by atoms with Crippen molar-refractivity contribution in [2.75, 3.05) is 26.3 Å². The van der Waals surface area contributed by atoms with Crippen LogP contribution >= 0.6 is 0 Å². The van der Waals surface area contributed by atoms with Gasteiger partial charge in [-0.1, -0.05) is 36.4 Å². The zero-order valence-corrected chi connectivity index (χ0v) is 16.4. The Morgan fingerprint density at radius 3 is 2.65 bits per heavy atom. The fourth-order valence-corrected chi connectivity index (χ4v) is 4.09. The van der Waals surface area contributed by atoms with Crippen LogP contribution in [0.2, 0.25) is 0 Å². The van der Waals surface area contributed by atoms with Crippen LogP contribution in [0.25, 0.3) is 0 Å². The first-order valence-electron chi connectivity index (χ1n) is 9.83. The smallest absolute Gasteiger partial charge is 0.0535 e. The minimum absolute atomic E-state index is 0.00499. The third kappa shape index (κ3) is 4.33.